The number of ether oxygens (including phenoxy) is 1. The summed E-state index contributed by atoms with van der Waals surface area (Å²) in [6.45, 7) is 1.54. The smallest absolute Gasteiger partial charge is 0.341 e. The molecule has 24 heavy (non-hydrogen) atoms. The summed E-state index contributed by atoms with van der Waals surface area (Å²) >= 11 is 5.77. The number of benzene rings is 2. The van der Waals surface area contributed by atoms with Crippen LogP contribution in [0.15, 0.2) is 47.3 Å². The fraction of sp³-hybridized carbons (Fsp3) is 0.118. The van der Waals surface area contributed by atoms with E-state index in [4.69, 9.17) is 16.3 Å². The number of hydrogen-bond acceptors (Lipinski definition) is 4. The summed E-state index contributed by atoms with van der Waals surface area (Å²) in [5.74, 6) is -1.45. The lowest BCUT2D eigenvalue weighted by molar-refractivity contribution is 0.0314. The van der Waals surface area contributed by atoms with Crippen molar-refractivity contribution in [2.24, 2.45) is 0 Å². The number of hydrogen-bond donors (Lipinski definition) is 1. The molecule has 0 aliphatic heterocycles. The second kappa shape index (κ2) is 6.41. The molecule has 0 amide bonds. The van der Waals surface area contributed by atoms with E-state index in [0.29, 0.717) is 10.9 Å². The van der Waals surface area contributed by atoms with Gasteiger partial charge in [0.05, 0.1) is 16.5 Å². The molecule has 0 aliphatic rings. The first-order chi connectivity index (χ1) is 11.5. The summed E-state index contributed by atoms with van der Waals surface area (Å²) in [6, 6.07) is 10.4. The molecule has 7 heteroatoms. The number of halogens is 2. The topological polar surface area (TPSA) is 72.0 Å². The molecule has 1 heterocycles. The molecule has 0 radical (unpaired) electrons. The van der Waals surface area contributed by atoms with E-state index >= 15 is 0 Å². The number of fused-ring (bicyclic) bond motifs is 1. The van der Waals surface area contributed by atoms with Gasteiger partial charge in [0.25, 0.3) is 5.56 Å². The number of aromatic amines is 1. The van der Waals surface area contributed by atoms with Crippen LogP contribution in [0.25, 0.3) is 10.9 Å². The lowest BCUT2D eigenvalue weighted by Gasteiger charge is -2.13. The summed E-state index contributed by atoms with van der Waals surface area (Å²) < 4.78 is 18.9. The van der Waals surface area contributed by atoms with Gasteiger partial charge in [-0.15, -0.1) is 0 Å². The molecule has 0 fully saturated rings. The van der Waals surface area contributed by atoms with Crippen LogP contribution in [-0.4, -0.2) is 15.9 Å². The highest BCUT2D eigenvalue weighted by Gasteiger charge is 2.19. The Morgan fingerprint density at radius 2 is 2.04 bits per heavy atom. The van der Waals surface area contributed by atoms with Crippen LogP contribution in [0.1, 0.15) is 29.2 Å². The minimum absolute atomic E-state index is 0.175. The largest absolute Gasteiger partial charge is 0.451 e. The number of rotatable bonds is 3. The first kappa shape index (κ1) is 16.1. The number of carbonyl (C=O) groups is 1. The third kappa shape index (κ3) is 3.14. The molecule has 1 unspecified atom stereocenters. The number of carbonyl (C=O) groups excluding carboxylic acids is 1. The minimum atomic E-state index is -0.890. The zero-order chi connectivity index (χ0) is 17.3. The van der Waals surface area contributed by atoms with Crippen molar-refractivity contribution in [1.29, 1.82) is 0 Å². The highest BCUT2D eigenvalue weighted by atomic mass is 35.5. The van der Waals surface area contributed by atoms with Crippen molar-refractivity contribution in [3.8, 4) is 0 Å². The van der Waals surface area contributed by atoms with Gasteiger partial charge in [-0.2, -0.15) is 0 Å². The summed E-state index contributed by atoms with van der Waals surface area (Å²) in [5.41, 5.74) is -0.141. The zero-order valence-electron chi connectivity index (χ0n) is 12.5. The van der Waals surface area contributed by atoms with Crippen LogP contribution >= 0.6 is 11.6 Å². The van der Waals surface area contributed by atoms with Gasteiger partial charge in [-0.25, -0.2) is 14.2 Å². The van der Waals surface area contributed by atoms with Gasteiger partial charge in [0, 0.05) is 5.02 Å². The predicted octanol–water partition coefficient (Wildman–Crippen LogP) is 3.63. The summed E-state index contributed by atoms with van der Waals surface area (Å²) in [4.78, 5) is 31.0. The van der Waals surface area contributed by atoms with Gasteiger partial charge >= 0.3 is 5.97 Å². The molecule has 0 aliphatic carbocycles. The fourth-order valence-corrected chi connectivity index (χ4v) is 2.40. The maximum absolute atomic E-state index is 13.7. The Kier molecular flexibility index (Phi) is 4.31. The van der Waals surface area contributed by atoms with Crippen molar-refractivity contribution >= 4 is 28.5 Å². The molecule has 0 saturated carbocycles. The lowest BCUT2D eigenvalue weighted by Crippen LogP contribution is -2.18. The third-order valence-corrected chi connectivity index (χ3v) is 3.68. The monoisotopic (exact) mass is 346 g/mol. The minimum Gasteiger partial charge on any atom is -0.451 e. The molecule has 0 spiro atoms. The van der Waals surface area contributed by atoms with E-state index in [-0.39, 0.29) is 22.0 Å². The van der Waals surface area contributed by atoms with Crippen LogP contribution in [0.4, 0.5) is 4.39 Å². The maximum Gasteiger partial charge on any atom is 0.341 e. The fourth-order valence-electron chi connectivity index (χ4n) is 2.23. The summed E-state index contributed by atoms with van der Waals surface area (Å²) in [5, 5.41) is 0.647. The normalized spacial score (nSPS) is 12.1. The van der Waals surface area contributed by atoms with Crippen molar-refractivity contribution in [3.05, 3.63) is 75.0 Å². The summed E-state index contributed by atoms with van der Waals surface area (Å²) in [7, 11) is 0. The lowest BCUT2D eigenvalue weighted by atomic mass is 10.2. The van der Waals surface area contributed by atoms with Crippen molar-refractivity contribution < 1.29 is 13.9 Å². The Morgan fingerprint density at radius 3 is 2.83 bits per heavy atom. The zero-order valence-corrected chi connectivity index (χ0v) is 13.3. The van der Waals surface area contributed by atoms with Crippen LogP contribution in [0.3, 0.4) is 0 Å². The second-order valence-electron chi connectivity index (χ2n) is 5.14. The van der Waals surface area contributed by atoms with E-state index in [1.54, 1.807) is 24.3 Å². The van der Waals surface area contributed by atoms with Crippen molar-refractivity contribution in [3.63, 3.8) is 0 Å². The highest BCUT2D eigenvalue weighted by Crippen LogP contribution is 2.20. The van der Waals surface area contributed by atoms with Gasteiger partial charge in [0.15, 0.2) is 11.9 Å². The van der Waals surface area contributed by atoms with Gasteiger partial charge in [0.2, 0.25) is 0 Å². The van der Waals surface area contributed by atoms with Gasteiger partial charge in [0.1, 0.15) is 5.82 Å². The number of aromatic nitrogens is 2. The van der Waals surface area contributed by atoms with E-state index in [2.05, 4.69) is 9.97 Å². The Hall–Kier alpha value is -2.73. The average Bonchev–Trinajstić information content (AvgIpc) is 2.57. The Bertz CT molecular complexity index is 987. The van der Waals surface area contributed by atoms with Gasteiger partial charge in [-0.1, -0.05) is 23.7 Å². The Balaban J connectivity index is 1.89. The molecule has 0 bridgehead atoms. The quantitative estimate of drug-likeness (QED) is 0.735. The molecule has 1 atom stereocenters. The second-order valence-corrected chi connectivity index (χ2v) is 5.58. The van der Waals surface area contributed by atoms with Crippen LogP contribution in [0.5, 0.6) is 0 Å². The number of para-hydroxylation sites is 1. The van der Waals surface area contributed by atoms with E-state index in [9.17, 15) is 14.0 Å². The number of esters is 1. The molecular formula is C17H12ClFN2O3. The molecule has 5 nitrogen and oxygen atoms in total. The average molecular weight is 347 g/mol. The van der Waals surface area contributed by atoms with E-state index < -0.39 is 17.9 Å². The first-order valence-electron chi connectivity index (χ1n) is 7.10. The molecule has 0 saturated heterocycles. The van der Waals surface area contributed by atoms with Gasteiger partial charge in [-0.3, -0.25) is 4.79 Å². The van der Waals surface area contributed by atoms with Crippen LogP contribution < -0.4 is 5.56 Å². The molecule has 3 rings (SSSR count). The van der Waals surface area contributed by atoms with Gasteiger partial charge < -0.3 is 9.72 Å². The van der Waals surface area contributed by atoms with E-state index in [1.165, 1.54) is 19.1 Å². The van der Waals surface area contributed by atoms with E-state index in [0.717, 1.165) is 6.07 Å². The SMILES string of the molecule is CC(OC(=O)c1cc(Cl)ccc1F)c1nc2ccccc2c(=O)[nH]1. The Labute approximate surface area is 141 Å². The van der Waals surface area contributed by atoms with Crippen molar-refractivity contribution in [2.45, 2.75) is 13.0 Å². The predicted molar refractivity (Wildman–Crippen MR) is 87.6 cm³/mol. The molecule has 1 N–H and O–H groups in total. The standard InChI is InChI=1S/C17H12ClFN2O3/c1-9(24-17(23)12-8-10(18)6-7-13(12)19)15-20-14-5-3-2-4-11(14)16(22)21-15/h2-9H,1H3,(H,20,21,22). The number of nitrogens with zero attached hydrogens (tertiary/aromatic N) is 1. The third-order valence-electron chi connectivity index (χ3n) is 3.45. The Morgan fingerprint density at radius 1 is 1.29 bits per heavy atom. The van der Waals surface area contributed by atoms with Crippen LogP contribution in [0, 0.1) is 5.82 Å². The molecule has 122 valence electrons. The van der Waals surface area contributed by atoms with Gasteiger partial charge in [-0.05, 0) is 37.3 Å². The van der Waals surface area contributed by atoms with Crippen LogP contribution in [0.2, 0.25) is 5.02 Å². The summed E-state index contributed by atoms with van der Waals surface area (Å²) in [6.07, 6.45) is -0.867. The number of H-pyrrole nitrogens is 1. The molecule has 2 aromatic carbocycles. The van der Waals surface area contributed by atoms with Crippen LogP contribution in [-0.2, 0) is 4.74 Å². The highest BCUT2D eigenvalue weighted by molar-refractivity contribution is 6.30. The molecule has 1 aromatic heterocycles. The molecule has 3 aromatic rings. The van der Waals surface area contributed by atoms with Crippen molar-refractivity contribution in [1.82, 2.24) is 9.97 Å². The van der Waals surface area contributed by atoms with E-state index in [1.807, 2.05) is 0 Å². The molecular weight excluding hydrogens is 335 g/mol. The first-order valence-corrected chi connectivity index (χ1v) is 7.48. The number of nitrogens with one attached hydrogen (secondary N) is 1. The van der Waals surface area contributed by atoms with Crippen molar-refractivity contribution in [2.75, 3.05) is 0 Å². The maximum atomic E-state index is 13.7.